The van der Waals surface area contributed by atoms with Gasteiger partial charge in [-0.1, -0.05) is 0 Å². The van der Waals surface area contributed by atoms with Crippen molar-refractivity contribution >= 4 is 40.7 Å². The molecule has 0 unspecified atom stereocenters. The molecule has 7 nitrogen and oxygen atoms in total. The lowest BCUT2D eigenvalue weighted by molar-refractivity contribution is 0.486. The molecule has 26 heavy (non-hydrogen) atoms. The second kappa shape index (κ2) is 10.0. The van der Waals surface area contributed by atoms with Crippen molar-refractivity contribution in [1.82, 2.24) is 19.6 Å². The number of nitrogens with one attached hydrogen (secondary N) is 2. The third-order valence-corrected chi connectivity index (χ3v) is 6.00. The molecule has 0 amide bonds. The average molecular weight is 426 g/mol. The molecule has 2 heterocycles. The maximum absolute atomic E-state index is 11.5. The number of anilines is 1. The van der Waals surface area contributed by atoms with Crippen molar-refractivity contribution in [3.05, 3.63) is 17.1 Å². The summed E-state index contributed by atoms with van der Waals surface area (Å²) < 4.78 is 24.4. The number of fused-ring (bicyclic) bond motifs is 1. The van der Waals surface area contributed by atoms with Crippen LogP contribution in [0.2, 0.25) is 0 Å². The quantitative estimate of drug-likeness (QED) is 0.683. The molecule has 1 aromatic rings. The first-order chi connectivity index (χ1) is 11.4. The number of likely N-dealkylation sites (N-methyl/N-ethyl adjacent to an activating group) is 1. The van der Waals surface area contributed by atoms with Crippen molar-refractivity contribution in [3.8, 4) is 0 Å². The minimum absolute atomic E-state index is 0. The summed E-state index contributed by atoms with van der Waals surface area (Å²) in [4.78, 5) is 9.55. The summed E-state index contributed by atoms with van der Waals surface area (Å²) in [5.74, 6) is 2.56. The van der Waals surface area contributed by atoms with Gasteiger partial charge in [0.25, 0.3) is 0 Å². The lowest BCUT2D eigenvalue weighted by Crippen LogP contribution is -2.30. The lowest BCUT2D eigenvalue weighted by Gasteiger charge is -2.17. The van der Waals surface area contributed by atoms with Crippen LogP contribution in [0.5, 0.6) is 0 Å². The molecule has 1 saturated carbocycles. The molecule has 1 aliphatic heterocycles. The normalized spacial score (nSPS) is 16.9. The molecule has 1 fully saturated rings. The summed E-state index contributed by atoms with van der Waals surface area (Å²) in [6, 6.07) is 0. The van der Waals surface area contributed by atoms with E-state index in [1.165, 1.54) is 29.0 Å². The van der Waals surface area contributed by atoms with Gasteiger partial charge in [0.2, 0.25) is 10.0 Å². The smallest absolute Gasteiger partial charge is 0.211 e. The summed E-state index contributed by atoms with van der Waals surface area (Å²) in [5, 5.41) is 6.76. The van der Waals surface area contributed by atoms with Gasteiger partial charge in [-0.05, 0) is 31.7 Å². The Labute approximate surface area is 168 Å². The van der Waals surface area contributed by atoms with Crippen LogP contribution in [-0.2, 0) is 29.3 Å². The molecular formula is C16H29Cl2N5O2S. The van der Waals surface area contributed by atoms with Gasteiger partial charge in [0.1, 0.15) is 11.6 Å². The van der Waals surface area contributed by atoms with Crippen LogP contribution in [0.25, 0.3) is 0 Å². The summed E-state index contributed by atoms with van der Waals surface area (Å²) in [6.07, 6.45) is 6.58. The van der Waals surface area contributed by atoms with E-state index >= 15 is 0 Å². The van der Waals surface area contributed by atoms with Gasteiger partial charge >= 0.3 is 0 Å². The zero-order valence-electron chi connectivity index (χ0n) is 15.3. The van der Waals surface area contributed by atoms with Crippen LogP contribution >= 0.6 is 24.8 Å². The molecule has 3 rings (SSSR count). The molecule has 0 radical (unpaired) electrons. The van der Waals surface area contributed by atoms with E-state index in [4.69, 9.17) is 9.97 Å². The summed E-state index contributed by atoms with van der Waals surface area (Å²) in [6.45, 7) is 2.84. The van der Waals surface area contributed by atoms with Crippen molar-refractivity contribution in [3.63, 3.8) is 0 Å². The van der Waals surface area contributed by atoms with Crippen LogP contribution in [-0.4, -0.2) is 62.2 Å². The Balaban J connectivity index is 0.00000169. The Morgan fingerprint density at radius 1 is 1.19 bits per heavy atom. The van der Waals surface area contributed by atoms with Crippen LogP contribution in [0.1, 0.15) is 29.9 Å². The van der Waals surface area contributed by atoms with Crippen LogP contribution in [0.4, 0.5) is 5.82 Å². The summed E-state index contributed by atoms with van der Waals surface area (Å²) in [5.41, 5.74) is 2.33. The molecule has 1 aromatic heterocycles. The van der Waals surface area contributed by atoms with E-state index < -0.39 is 10.0 Å². The first kappa shape index (κ1) is 23.4. The van der Waals surface area contributed by atoms with Crippen LogP contribution in [0, 0.1) is 5.92 Å². The Bertz CT molecular complexity index is 698. The maximum Gasteiger partial charge on any atom is 0.211 e. The lowest BCUT2D eigenvalue weighted by atomic mass is 10.1. The summed E-state index contributed by atoms with van der Waals surface area (Å²) >= 11 is 0. The van der Waals surface area contributed by atoms with E-state index in [1.807, 2.05) is 0 Å². The third kappa shape index (κ3) is 6.49. The van der Waals surface area contributed by atoms with E-state index in [0.29, 0.717) is 13.1 Å². The highest BCUT2D eigenvalue weighted by Gasteiger charge is 2.24. The number of aromatic nitrogens is 2. The second-order valence-corrected chi connectivity index (χ2v) is 8.91. The molecule has 150 valence electrons. The second-order valence-electron chi connectivity index (χ2n) is 6.82. The van der Waals surface area contributed by atoms with Crippen LogP contribution < -0.4 is 10.6 Å². The predicted octanol–water partition coefficient (Wildman–Crippen LogP) is 1.26. The number of rotatable bonds is 7. The number of hydrogen-bond donors (Lipinski definition) is 2. The molecule has 2 N–H and O–H groups in total. The van der Waals surface area contributed by atoms with Crippen molar-refractivity contribution < 1.29 is 8.42 Å². The molecule has 0 bridgehead atoms. The Morgan fingerprint density at radius 3 is 2.54 bits per heavy atom. The van der Waals surface area contributed by atoms with Crippen LogP contribution in [0.15, 0.2) is 0 Å². The number of nitrogens with zero attached hydrogens (tertiary/aromatic N) is 3. The minimum atomic E-state index is -3.15. The van der Waals surface area contributed by atoms with Crippen molar-refractivity contribution in [2.45, 2.75) is 32.1 Å². The maximum atomic E-state index is 11.5. The first-order valence-corrected chi connectivity index (χ1v) is 10.5. The zero-order chi connectivity index (χ0) is 17.2. The van der Waals surface area contributed by atoms with Gasteiger partial charge in [-0.25, -0.2) is 22.7 Å². The molecule has 0 spiro atoms. The topological polar surface area (TPSA) is 87.2 Å². The van der Waals surface area contributed by atoms with E-state index in [9.17, 15) is 8.42 Å². The van der Waals surface area contributed by atoms with Crippen molar-refractivity contribution in [2.75, 3.05) is 44.8 Å². The standard InChI is InChI=1S/C16H27N5O2S.2ClH/c1-21(24(2,22)23)10-9-18-16-13-5-7-17-8-6-14(13)19-15(20-16)11-12-3-4-12;;/h12,17H,3-11H2,1-2H3,(H,18,19,20);2*1H. The molecule has 1 aliphatic carbocycles. The fraction of sp³-hybridized carbons (Fsp3) is 0.750. The van der Waals surface area contributed by atoms with Gasteiger partial charge in [-0.3, -0.25) is 0 Å². The first-order valence-electron chi connectivity index (χ1n) is 8.68. The SMILES string of the molecule is CN(CCNc1nc(CC2CC2)nc2c1CCNCC2)S(C)(=O)=O.Cl.Cl. The predicted molar refractivity (Wildman–Crippen MR) is 109 cm³/mol. The third-order valence-electron chi connectivity index (χ3n) is 4.68. The highest BCUT2D eigenvalue weighted by atomic mass is 35.5. The Morgan fingerprint density at radius 2 is 1.88 bits per heavy atom. The molecule has 0 aromatic carbocycles. The van der Waals surface area contributed by atoms with E-state index in [1.54, 1.807) is 7.05 Å². The largest absolute Gasteiger partial charge is 0.368 e. The van der Waals surface area contributed by atoms with Gasteiger partial charge < -0.3 is 10.6 Å². The number of hydrogen-bond acceptors (Lipinski definition) is 6. The zero-order valence-corrected chi connectivity index (χ0v) is 17.8. The minimum Gasteiger partial charge on any atom is -0.368 e. The van der Waals surface area contributed by atoms with Crippen molar-refractivity contribution in [1.29, 1.82) is 0 Å². The van der Waals surface area contributed by atoms with Crippen LogP contribution in [0.3, 0.4) is 0 Å². The molecular weight excluding hydrogens is 397 g/mol. The Kier molecular flexibility index (Phi) is 9.02. The number of halogens is 2. The number of sulfonamides is 1. The van der Waals surface area contributed by atoms with E-state index in [-0.39, 0.29) is 24.8 Å². The van der Waals surface area contributed by atoms with Gasteiger partial charge in [0, 0.05) is 45.1 Å². The highest BCUT2D eigenvalue weighted by Crippen LogP contribution is 2.32. The van der Waals surface area contributed by atoms with E-state index in [2.05, 4.69) is 10.6 Å². The molecule has 0 saturated heterocycles. The highest BCUT2D eigenvalue weighted by molar-refractivity contribution is 7.88. The fourth-order valence-corrected chi connectivity index (χ4v) is 3.33. The van der Waals surface area contributed by atoms with Gasteiger partial charge in [0.15, 0.2) is 0 Å². The molecule has 10 heteroatoms. The fourth-order valence-electron chi connectivity index (χ4n) is 2.91. The van der Waals surface area contributed by atoms with Crippen molar-refractivity contribution in [2.24, 2.45) is 5.92 Å². The van der Waals surface area contributed by atoms with Gasteiger partial charge in [-0.2, -0.15) is 0 Å². The summed E-state index contributed by atoms with van der Waals surface area (Å²) in [7, 11) is -1.55. The van der Waals surface area contributed by atoms with E-state index in [0.717, 1.165) is 55.6 Å². The van der Waals surface area contributed by atoms with Gasteiger partial charge in [0.05, 0.1) is 11.9 Å². The Hall–Kier alpha value is -0.670. The molecule has 2 aliphatic rings. The van der Waals surface area contributed by atoms with Gasteiger partial charge in [-0.15, -0.1) is 24.8 Å². The molecule has 0 atom stereocenters. The average Bonchev–Trinajstić information content (AvgIpc) is 3.32. The monoisotopic (exact) mass is 425 g/mol.